The van der Waals surface area contributed by atoms with Crippen LogP contribution < -0.4 is 10.6 Å². The van der Waals surface area contributed by atoms with E-state index in [4.69, 9.17) is 9.84 Å². The molecular weight excluding hydrogens is 640 g/mol. The summed E-state index contributed by atoms with van der Waals surface area (Å²) in [7, 11) is 0. The third-order valence-electron chi connectivity index (χ3n) is 9.03. The number of ether oxygens (including phenoxy) is 1. The van der Waals surface area contributed by atoms with Crippen molar-refractivity contribution in [3.63, 3.8) is 0 Å². The molecule has 11 nitrogen and oxygen atoms in total. The fraction of sp³-hybridized carbons (Fsp3) is 0.436. The van der Waals surface area contributed by atoms with Crippen molar-refractivity contribution in [3.05, 3.63) is 88.2 Å². The van der Waals surface area contributed by atoms with E-state index in [2.05, 4.69) is 10.6 Å². The first-order valence-electron chi connectivity index (χ1n) is 16.8. The van der Waals surface area contributed by atoms with Gasteiger partial charge in [0.15, 0.2) is 5.78 Å². The molecule has 0 radical (unpaired) electrons. The van der Waals surface area contributed by atoms with Crippen LogP contribution in [-0.2, 0) is 28.7 Å². The number of aromatic carboxylic acids is 1. The Hall–Kier alpha value is -4.90. The van der Waals surface area contributed by atoms with Crippen LogP contribution in [0.2, 0.25) is 0 Å². The van der Waals surface area contributed by atoms with Crippen molar-refractivity contribution >= 4 is 41.0 Å². The van der Waals surface area contributed by atoms with Gasteiger partial charge in [0.25, 0.3) is 5.91 Å². The first-order chi connectivity index (χ1) is 23.5. The van der Waals surface area contributed by atoms with Gasteiger partial charge in [-0.15, -0.1) is 0 Å². The van der Waals surface area contributed by atoms with Gasteiger partial charge in [0.2, 0.25) is 11.7 Å². The second kappa shape index (κ2) is 17.7. The normalized spacial score (nSPS) is 28.3. The second-order valence-electron chi connectivity index (χ2n) is 13.5. The Kier molecular flexibility index (Phi) is 14.0. The lowest BCUT2D eigenvalue weighted by Crippen LogP contribution is -2.33. The third-order valence-corrected chi connectivity index (χ3v) is 9.03. The summed E-state index contributed by atoms with van der Waals surface area (Å²) >= 11 is 0. The zero-order valence-corrected chi connectivity index (χ0v) is 29.7. The predicted octanol–water partition coefficient (Wildman–Crippen LogP) is 5.63. The van der Waals surface area contributed by atoms with Crippen LogP contribution in [0.4, 0.5) is 5.69 Å². The molecule has 2 aliphatic rings. The number of carboxylic acid groups (broad SMARTS) is 1. The van der Waals surface area contributed by atoms with E-state index in [1.807, 2.05) is 40.7 Å². The van der Waals surface area contributed by atoms with Crippen molar-refractivity contribution in [2.75, 3.05) is 5.32 Å². The molecule has 0 saturated carbocycles. The van der Waals surface area contributed by atoms with Crippen LogP contribution in [0.25, 0.3) is 0 Å². The van der Waals surface area contributed by atoms with Gasteiger partial charge in [-0.3, -0.25) is 24.0 Å². The van der Waals surface area contributed by atoms with Gasteiger partial charge in [0, 0.05) is 53.7 Å². The first kappa shape index (κ1) is 39.5. The van der Waals surface area contributed by atoms with Crippen LogP contribution in [0, 0.1) is 23.7 Å². The van der Waals surface area contributed by atoms with Gasteiger partial charge >= 0.3 is 11.9 Å². The number of rotatable bonds is 6. The number of anilines is 1. The van der Waals surface area contributed by atoms with E-state index in [0.717, 1.165) is 11.6 Å². The summed E-state index contributed by atoms with van der Waals surface area (Å²) in [6.45, 7) is 12.4. The molecule has 2 bridgehead atoms. The van der Waals surface area contributed by atoms with Gasteiger partial charge < -0.3 is 25.6 Å². The quantitative estimate of drug-likeness (QED) is 0.168. The van der Waals surface area contributed by atoms with E-state index in [9.17, 15) is 33.9 Å². The van der Waals surface area contributed by atoms with E-state index in [-0.39, 0.29) is 70.9 Å². The summed E-state index contributed by atoms with van der Waals surface area (Å²) in [6.07, 6.45) is 7.19. The van der Waals surface area contributed by atoms with Gasteiger partial charge in [0.05, 0.1) is 17.4 Å². The van der Waals surface area contributed by atoms with Crippen LogP contribution in [-0.4, -0.2) is 57.7 Å². The maximum absolute atomic E-state index is 13.9. The maximum atomic E-state index is 13.9. The Bertz CT molecular complexity index is 1660. The summed E-state index contributed by atoms with van der Waals surface area (Å²) in [4.78, 5) is 76.4. The smallest absolute Gasteiger partial charge is 0.335 e. The van der Waals surface area contributed by atoms with Crippen molar-refractivity contribution < 1.29 is 43.7 Å². The lowest BCUT2D eigenvalue weighted by Gasteiger charge is -2.28. The molecule has 4 N–H and O–H groups in total. The molecule has 3 rings (SSSR count). The Labute approximate surface area is 293 Å². The average molecular weight is 689 g/mol. The van der Waals surface area contributed by atoms with E-state index in [1.165, 1.54) is 31.2 Å². The predicted molar refractivity (Wildman–Crippen MR) is 189 cm³/mol. The first-order valence-corrected chi connectivity index (χ1v) is 16.8. The number of carbonyl (C=O) groups is 6. The number of hydrogen-bond donors (Lipinski definition) is 4. The highest BCUT2D eigenvalue weighted by Crippen LogP contribution is 2.32. The number of Topliss-reactive ketones (excluding diaryl/α,β-unsaturated/α-hetero) is 1. The van der Waals surface area contributed by atoms with Crippen LogP contribution in [0.3, 0.4) is 0 Å². The molecule has 50 heavy (non-hydrogen) atoms. The molecule has 1 aromatic carbocycles. The van der Waals surface area contributed by atoms with Gasteiger partial charge in [-0.25, -0.2) is 4.79 Å². The molecule has 2 amide bonds. The number of hydrogen-bond acceptors (Lipinski definition) is 8. The number of aliphatic hydroxyl groups excluding tert-OH is 1. The molecule has 1 heterocycles. The Morgan fingerprint density at radius 1 is 1.00 bits per heavy atom. The zero-order valence-electron chi connectivity index (χ0n) is 29.7. The number of nitrogens with one attached hydrogen (secondary N) is 2. The average Bonchev–Trinajstić information content (AvgIpc) is 3.04. The molecule has 0 saturated heterocycles. The SMILES string of the molecule is CC(=O)O[C@H]1/C(C)=C/[C@H](C)[C@@H](O)C(C)C[C@H](C)CC2=C(CCC(=O)Nc3ccc(C(=O)O)cc3)C(=O)C=C(NC(=O)/C(C)=C/C=C\[C@@H]1C)C2=O. The van der Waals surface area contributed by atoms with Crippen LogP contribution in [0.5, 0.6) is 0 Å². The van der Waals surface area contributed by atoms with E-state index in [0.29, 0.717) is 12.1 Å². The number of benzene rings is 1. The highest BCUT2D eigenvalue weighted by Gasteiger charge is 2.32. The molecule has 0 spiro atoms. The molecule has 0 fully saturated rings. The van der Waals surface area contributed by atoms with Crippen LogP contribution in [0.15, 0.2) is 82.6 Å². The van der Waals surface area contributed by atoms with Gasteiger partial charge in [-0.1, -0.05) is 52.0 Å². The van der Waals surface area contributed by atoms with E-state index < -0.39 is 47.5 Å². The fourth-order valence-corrected chi connectivity index (χ4v) is 6.37. The van der Waals surface area contributed by atoms with Gasteiger partial charge in [-0.05, 0) is 74.8 Å². The lowest BCUT2D eigenvalue weighted by molar-refractivity contribution is -0.146. The van der Waals surface area contributed by atoms with Crippen LogP contribution >= 0.6 is 0 Å². The topological polar surface area (TPSA) is 176 Å². The van der Waals surface area contributed by atoms with Gasteiger partial charge in [-0.2, -0.15) is 0 Å². The standard InChI is InChI=1S/C39H48N2O9/c1-21-17-24(4)35(45)25(5)19-26(6)37(50-27(7)42)22(2)9-8-10-23(3)38(47)41-32-20-33(43)30(31(18-21)36(32)46)15-16-34(44)40-29-13-11-28(12-14-29)39(48)49/h8-14,19-22,24-25,35,37,45H,15-18H2,1-7H3,(H,40,44)(H,41,47)(H,48,49)/b9-8-,23-10+,26-19+/t21-,22-,24?,25-,35-,37+/m0/s1. The van der Waals surface area contributed by atoms with Crippen molar-refractivity contribution in [1.29, 1.82) is 0 Å². The lowest BCUT2D eigenvalue weighted by atomic mass is 9.80. The van der Waals surface area contributed by atoms with Crippen molar-refractivity contribution in [3.8, 4) is 0 Å². The molecule has 268 valence electrons. The largest absolute Gasteiger partial charge is 0.478 e. The molecular formula is C39H48N2O9. The van der Waals surface area contributed by atoms with Crippen molar-refractivity contribution in [1.82, 2.24) is 5.32 Å². The summed E-state index contributed by atoms with van der Waals surface area (Å²) in [5.74, 6) is -4.48. The molecule has 1 aliphatic carbocycles. The Balaban J connectivity index is 1.94. The maximum Gasteiger partial charge on any atom is 0.335 e. The van der Waals surface area contributed by atoms with Gasteiger partial charge in [0.1, 0.15) is 6.10 Å². The summed E-state index contributed by atoms with van der Waals surface area (Å²) in [5.41, 5.74) is 1.74. The highest BCUT2D eigenvalue weighted by atomic mass is 16.5. The number of allylic oxidation sites excluding steroid dienone is 5. The minimum Gasteiger partial charge on any atom is -0.478 e. The Morgan fingerprint density at radius 3 is 2.28 bits per heavy atom. The fourth-order valence-electron chi connectivity index (χ4n) is 6.37. The molecule has 1 unspecified atom stereocenters. The molecule has 1 aliphatic heterocycles. The molecule has 11 heteroatoms. The van der Waals surface area contributed by atoms with E-state index in [1.54, 1.807) is 25.2 Å². The number of aliphatic hydroxyl groups is 1. The summed E-state index contributed by atoms with van der Waals surface area (Å²) in [6, 6.07) is 5.65. The number of carboxylic acids is 1. The highest BCUT2D eigenvalue weighted by molar-refractivity contribution is 6.24. The number of amides is 2. The molecule has 1 aromatic rings. The number of ketones is 2. The minimum absolute atomic E-state index is 0.0336. The van der Waals surface area contributed by atoms with Crippen molar-refractivity contribution in [2.24, 2.45) is 23.7 Å². The third kappa shape index (κ3) is 10.8. The summed E-state index contributed by atoms with van der Waals surface area (Å²) in [5, 5.41) is 25.7. The second-order valence-corrected chi connectivity index (χ2v) is 13.5. The molecule has 6 atom stereocenters. The monoisotopic (exact) mass is 688 g/mol. The van der Waals surface area contributed by atoms with Crippen LogP contribution in [0.1, 0.15) is 84.5 Å². The summed E-state index contributed by atoms with van der Waals surface area (Å²) < 4.78 is 5.64. The number of fused-ring (bicyclic) bond motifs is 2. The van der Waals surface area contributed by atoms with Crippen molar-refractivity contribution in [2.45, 2.75) is 86.4 Å². The minimum atomic E-state index is -1.09. The zero-order chi connectivity index (χ0) is 37.3. The molecule has 0 aromatic heterocycles. The Morgan fingerprint density at radius 2 is 1.66 bits per heavy atom. The number of esters is 1. The number of carbonyl (C=O) groups excluding carboxylic acids is 5. The van der Waals surface area contributed by atoms with E-state index >= 15 is 0 Å².